The number of para-hydroxylation sites is 1. The molecule has 0 bridgehead atoms. The van der Waals surface area contributed by atoms with Gasteiger partial charge < -0.3 is 9.47 Å². The maximum absolute atomic E-state index is 13.7. The van der Waals surface area contributed by atoms with Crippen LogP contribution < -0.4 is 14.9 Å². The number of hydrogen-bond donors (Lipinski definition) is 1. The summed E-state index contributed by atoms with van der Waals surface area (Å²) in [5.41, 5.74) is 4.62. The van der Waals surface area contributed by atoms with Crippen molar-refractivity contribution in [2.75, 3.05) is 13.7 Å². The molecular weight excluding hydrogens is 514 g/mol. The van der Waals surface area contributed by atoms with Crippen molar-refractivity contribution in [1.82, 2.24) is 9.73 Å². The number of hydrazone groups is 1. The molecule has 0 heterocycles. The van der Waals surface area contributed by atoms with E-state index < -0.39 is 22.5 Å². The summed E-state index contributed by atoms with van der Waals surface area (Å²) in [5, 5.41) is 4.03. The summed E-state index contributed by atoms with van der Waals surface area (Å²) in [6, 6.07) is 30.5. The Hall–Kier alpha value is -4.47. The number of nitrogens with zero attached hydrogens (tertiary/aromatic N) is 2. The molecule has 4 aromatic rings. The number of benzene rings is 4. The van der Waals surface area contributed by atoms with Gasteiger partial charge in [-0.05, 0) is 60.0 Å². The highest BCUT2D eigenvalue weighted by Crippen LogP contribution is 2.28. The number of rotatable bonds is 11. The van der Waals surface area contributed by atoms with E-state index in [1.165, 1.54) is 19.4 Å². The first-order valence-electron chi connectivity index (χ1n) is 12.2. The van der Waals surface area contributed by atoms with Gasteiger partial charge >= 0.3 is 0 Å². The predicted octanol–water partition coefficient (Wildman–Crippen LogP) is 5.14. The molecule has 200 valence electrons. The van der Waals surface area contributed by atoms with Gasteiger partial charge in [0.15, 0.2) is 0 Å². The molecule has 9 heteroatoms. The Balaban J connectivity index is 1.49. The van der Waals surface area contributed by atoms with E-state index in [4.69, 9.17) is 9.47 Å². The Morgan fingerprint density at radius 3 is 2.31 bits per heavy atom. The van der Waals surface area contributed by atoms with Gasteiger partial charge in [-0.15, -0.1) is 0 Å². The maximum Gasteiger partial charge on any atom is 0.255 e. The van der Waals surface area contributed by atoms with Crippen LogP contribution in [0.1, 0.15) is 16.7 Å². The van der Waals surface area contributed by atoms with E-state index in [1.807, 2.05) is 66.7 Å². The Bertz CT molecular complexity index is 1540. The average molecular weight is 544 g/mol. The van der Waals surface area contributed by atoms with Crippen LogP contribution in [0, 0.1) is 6.92 Å². The third-order valence-electron chi connectivity index (χ3n) is 5.70. The molecule has 0 aliphatic rings. The molecule has 0 unspecified atom stereocenters. The van der Waals surface area contributed by atoms with Gasteiger partial charge in [-0.1, -0.05) is 66.7 Å². The van der Waals surface area contributed by atoms with Gasteiger partial charge in [-0.3, -0.25) is 4.79 Å². The number of aryl methyl sites for hydroxylation is 1. The molecule has 1 amide bonds. The zero-order valence-corrected chi connectivity index (χ0v) is 22.5. The van der Waals surface area contributed by atoms with E-state index in [2.05, 4.69) is 10.5 Å². The molecule has 0 saturated heterocycles. The molecule has 0 radical (unpaired) electrons. The van der Waals surface area contributed by atoms with Crippen molar-refractivity contribution in [1.29, 1.82) is 0 Å². The lowest BCUT2D eigenvalue weighted by atomic mass is 10.2. The minimum Gasteiger partial charge on any atom is -0.495 e. The summed E-state index contributed by atoms with van der Waals surface area (Å²) in [7, 11) is -2.68. The SMILES string of the molecule is COc1ccc(C)cc1S(=O)(=O)N(CC(=O)N/N=C/c1cccc(Oc2ccccc2)c1)Cc1ccccc1. The van der Waals surface area contributed by atoms with Gasteiger partial charge in [-0.25, -0.2) is 13.8 Å². The van der Waals surface area contributed by atoms with Crippen molar-refractivity contribution < 1.29 is 22.7 Å². The van der Waals surface area contributed by atoms with Crippen molar-refractivity contribution in [2.24, 2.45) is 5.10 Å². The van der Waals surface area contributed by atoms with Crippen LogP contribution in [0.3, 0.4) is 0 Å². The summed E-state index contributed by atoms with van der Waals surface area (Å²) in [6.45, 7) is 1.35. The van der Waals surface area contributed by atoms with Crippen molar-refractivity contribution in [3.8, 4) is 17.2 Å². The third kappa shape index (κ3) is 7.53. The first kappa shape index (κ1) is 27.6. The van der Waals surface area contributed by atoms with E-state index in [-0.39, 0.29) is 17.2 Å². The second-order valence-electron chi connectivity index (χ2n) is 8.69. The van der Waals surface area contributed by atoms with E-state index in [0.29, 0.717) is 17.1 Å². The van der Waals surface area contributed by atoms with Crippen LogP contribution in [-0.2, 0) is 21.4 Å². The molecule has 4 rings (SSSR count). The summed E-state index contributed by atoms with van der Waals surface area (Å²) in [5.74, 6) is 0.928. The molecule has 0 saturated carbocycles. The Morgan fingerprint density at radius 2 is 1.59 bits per heavy atom. The van der Waals surface area contributed by atoms with Crippen molar-refractivity contribution in [3.05, 3.63) is 120 Å². The van der Waals surface area contributed by atoms with E-state index in [9.17, 15) is 13.2 Å². The lowest BCUT2D eigenvalue weighted by Crippen LogP contribution is -2.39. The number of hydrogen-bond acceptors (Lipinski definition) is 6. The van der Waals surface area contributed by atoms with Crippen LogP contribution in [0.15, 0.2) is 113 Å². The first-order valence-corrected chi connectivity index (χ1v) is 13.6. The zero-order chi connectivity index (χ0) is 27.7. The lowest BCUT2D eigenvalue weighted by molar-refractivity contribution is -0.121. The topological polar surface area (TPSA) is 97.3 Å². The lowest BCUT2D eigenvalue weighted by Gasteiger charge is -2.23. The standard InChI is InChI=1S/C30H29N3O5S/c1-23-16-17-28(37-2)29(18-23)39(35,36)33(21-24-10-5-3-6-11-24)22-30(34)32-31-20-25-12-9-15-27(19-25)38-26-13-7-4-8-14-26/h3-20H,21-22H2,1-2H3,(H,32,34)/b31-20+. The monoisotopic (exact) mass is 543 g/mol. The van der Waals surface area contributed by atoms with Gasteiger partial charge in [0.2, 0.25) is 10.0 Å². The number of ether oxygens (including phenoxy) is 2. The number of methoxy groups -OCH3 is 1. The smallest absolute Gasteiger partial charge is 0.255 e. The predicted molar refractivity (Wildman–Crippen MR) is 150 cm³/mol. The largest absolute Gasteiger partial charge is 0.495 e. The highest BCUT2D eigenvalue weighted by Gasteiger charge is 2.30. The van der Waals surface area contributed by atoms with Crippen LogP contribution in [0.5, 0.6) is 17.2 Å². The molecule has 0 aliphatic carbocycles. The quantitative estimate of drug-likeness (QED) is 0.209. The summed E-state index contributed by atoms with van der Waals surface area (Å²) < 4.78 is 39.7. The molecule has 0 aromatic heterocycles. The molecule has 39 heavy (non-hydrogen) atoms. The molecule has 4 aromatic carbocycles. The van der Waals surface area contributed by atoms with E-state index >= 15 is 0 Å². The van der Waals surface area contributed by atoms with Gasteiger partial charge in [0, 0.05) is 6.54 Å². The molecule has 0 atom stereocenters. The van der Waals surface area contributed by atoms with Crippen LogP contribution in [0.2, 0.25) is 0 Å². The Labute approximate surface area is 228 Å². The van der Waals surface area contributed by atoms with Crippen molar-refractivity contribution in [3.63, 3.8) is 0 Å². The summed E-state index contributed by atoms with van der Waals surface area (Å²) in [4.78, 5) is 12.8. The van der Waals surface area contributed by atoms with Gasteiger partial charge in [0.25, 0.3) is 5.91 Å². The van der Waals surface area contributed by atoms with Crippen LogP contribution in [0.4, 0.5) is 0 Å². The van der Waals surface area contributed by atoms with Crippen LogP contribution in [0.25, 0.3) is 0 Å². The fourth-order valence-corrected chi connectivity index (χ4v) is 5.42. The molecular formula is C30H29N3O5S. The summed E-state index contributed by atoms with van der Waals surface area (Å²) in [6.07, 6.45) is 1.47. The number of carbonyl (C=O) groups is 1. The van der Waals surface area contributed by atoms with Gasteiger partial charge in [0.1, 0.15) is 22.1 Å². The van der Waals surface area contributed by atoms with Gasteiger partial charge in [0.05, 0.1) is 19.9 Å². The normalized spacial score (nSPS) is 11.5. The number of sulfonamides is 1. The van der Waals surface area contributed by atoms with Crippen molar-refractivity contribution in [2.45, 2.75) is 18.4 Å². The molecule has 8 nitrogen and oxygen atoms in total. The number of amides is 1. The minimum absolute atomic E-state index is 0.00370. The average Bonchev–Trinajstić information content (AvgIpc) is 2.94. The Kier molecular flexibility index (Phi) is 9.09. The first-order chi connectivity index (χ1) is 18.8. The third-order valence-corrected chi connectivity index (χ3v) is 7.51. The minimum atomic E-state index is -4.09. The maximum atomic E-state index is 13.7. The molecule has 0 aliphatic heterocycles. The van der Waals surface area contributed by atoms with Gasteiger partial charge in [-0.2, -0.15) is 9.41 Å². The van der Waals surface area contributed by atoms with E-state index in [0.717, 1.165) is 15.4 Å². The second kappa shape index (κ2) is 12.9. The van der Waals surface area contributed by atoms with Crippen LogP contribution >= 0.6 is 0 Å². The second-order valence-corrected chi connectivity index (χ2v) is 10.6. The fourth-order valence-electron chi connectivity index (χ4n) is 3.79. The highest BCUT2D eigenvalue weighted by molar-refractivity contribution is 7.89. The summed E-state index contributed by atoms with van der Waals surface area (Å²) >= 11 is 0. The van der Waals surface area contributed by atoms with E-state index in [1.54, 1.807) is 37.3 Å². The highest BCUT2D eigenvalue weighted by atomic mass is 32.2. The fraction of sp³-hybridized carbons (Fsp3) is 0.133. The molecule has 1 N–H and O–H groups in total. The zero-order valence-electron chi connectivity index (χ0n) is 21.7. The van der Waals surface area contributed by atoms with Crippen molar-refractivity contribution >= 4 is 22.1 Å². The molecule has 0 fully saturated rings. The van der Waals surface area contributed by atoms with Crippen LogP contribution in [-0.4, -0.2) is 38.5 Å². The number of nitrogens with one attached hydrogen (secondary N) is 1. The number of carbonyl (C=O) groups excluding carboxylic acids is 1. The Morgan fingerprint density at radius 1 is 0.897 bits per heavy atom. The molecule has 0 spiro atoms.